The second kappa shape index (κ2) is 10.4. The van der Waals surface area contributed by atoms with Crippen LogP contribution in [0.4, 0.5) is 5.82 Å². The summed E-state index contributed by atoms with van der Waals surface area (Å²) in [5.41, 5.74) is 3.79. The molecule has 140 valence electrons. The zero-order valence-electron chi connectivity index (χ0n) is 15.5. The minimum atomic E-state index is 0. The molecule has 3 rings (SSSR count). The molecule has 26 heavy (non-hydrogen) atoms. The van der Waals surface area contributed by atoms with E-state index in [0.717, 1.165) is 38.0 Å². The lowest BCUT2D eigenvalue weighted by Crippen LogP contribution is -2.36. The molecular formula is C20H28IN5. The lowest BCUT2D eigenvalue weighted by Gasteiger charge is -2.17. The Labute approximate surface area is 173 Å². The Morgan fingerprint density at radius 2 is 1.85 bits per heavy atom. The topological polar surface area (TPSA) is 52.6 Å². The zero-order valence-corrected chi connectivity index (χ0v) is 17.9. The quantitative estimate of drug-likeness (QED) is 0.404. The minimum absolute atomic E-state index is 0. The van der Waals surface area contributed by atoms with Gasteiger partial charge < -0.3 is 15.5 Å². The Hall–Kier alpha value is -1.83. The van der Waals surface area contributed by atoms with Gasteiger partial charge in [-0.1, -0.05) is 24.3 Å². The number of anilines is 1. The van der Waals surface area contributed by atoms with Crippen molar-refractivity contribution in [2.24, 2.45) is 4.99 Å². The van der Waals surface area contributed by atoms with Gasteiger partial charge in [-0.05, 0) is 48.6 Å². The number of hydrogen-bond donors (Lipinski definition) is 2. The summed E-state index contributed by atoms with van der Waals surface area (Å²) in [4.78, 5) is 11.2. The SMILES string of the molecule is CN=C(NCc1ccnc(N2CCCC2)c1)NCc1ccccc1C.I. The molecule has 0 radical (unpaired) electrons. The summed E-state index contributed by atoms with van der Waals surface area (Å²) in [7, 11) is 1.80. The fraction of sp³-hybridized carbons (Fsp3) is 0.400. The Morgan fingerprint density at radius 3 is 2.58 bits per heavy atom. The Morgan fingerprint density at radius 1 is 1.12 bits per heavy atom. The van der Waals surface area contributed by atoms with E-state index in [1.807, 2.05) is 6.20 Å². The number of aromatic nitrogens is 1. The third-order valence-electron chi connectivity index (χ3n) is 4.63. The number of nitrogens with zero attached hydrogens (tertiary/aromatic N) is 3. The monoisotopic (exact) mass is 465 g/mol. The second-order valence-electron chi connectivity index (χ2n) is 6.42. The van der Waals surface area contributed by atoms with Crippen LogP contribution >= 0.6 is 24.0 Å². The zero-order chi connectivity index (χ0) is 17.5. The van der Waals surface area contributed by atoms with Crippen LogP contribution in [0.3, 0.4) is 0 Å². The van der Waals surface area contributed by atoms with Gasteiger partial charge in [0.15, 0.2) is 5.96 Å². The van der Waals surface area contributed by atoms with Crippen molar-refractivity contribution in [3.05, 3.63) is 59.3 Å². The standard InChI is InChI=1S/C20H27N5.HI/c1-16-7-3-4-8-18(16)15-24-20(21-2)23-14-17-9-10-22-19(13-17)25-11-5-6-12-25;/h3-4,7-10,13H,5-6,11-12,14-15H2,1-2H3,(H2,21,23,24);1H. The normalized spacial score (nSPS) is 14.1. The first-order valence-corrected chi connectivity index (χ1v) is 8.95. The third-order valence-corrected chi connectivity index (χ3v) is 4.63. The Kier molecular flexibility index (Phi) is 8.15. The van der Waals surface area contributed by atoms with Crippen molar-refractivity contribution in [2.45, 2.75) is 32.9 Å². The number of hydrogen-bond acceptors (Lipinski definition) is 3. The summed E-state index contributed by atoms with van der Waals surface area (Å²) in [6.45, 7) is 5.86. The van der Waals surface area contributed by atoms with Crippen LogP contribution in [-0.2, 0) is 13.1 Å². The van der Waals surface area contributed by atoms with Gasteiger partial charge in [-0.2, -0.15) is 0 Å². The molecule has 1 aromatic carbocycles. The largest absolute Gasteiger partial charge is 0.357 e. The lowest BCUT2D eigenvalue weighted by atomic mass is 10.1. The summed E-state index contributed by atoms with van der Waals surface area (Å²) >= 11 is 0. The number of benzene rings is 1. The van der Waals surface area contributed by atoms with Gasteiger partial charge in [0, 0.05) is 39.4 Å². The fourth-order valence-electron chi connectivity index (χ4n) is 3.08. The van der Waals surface area contributed by atoms with Gasteiger partial charge in [-0.15, -0.1) is 24.0 Å². The average molecular weight is 465 g/mol. The van der Waals surface area contributed by atoms with Crippen molar-refractivity contribution >= 4 is 35.8 Å². The number of nitrogens with one attached hydrogen (secondary N) is 2. The molecule has 0 amide bonds. The number of guanidine groups is 1. The van der Waals surface area contributed by atoms with E-state index >= 15 is 0 Å². The van der Waals surface area contributed by atoms with Crippen molar-refractivity contribution in [1.29, 1.82) is 0 Å². The molecule has 0 bridgehead atoms. The molecule has 1 aromatic heterocycles. The molecule has 1 aliphatic heterocycles. The molecule has 0 atom stereocenters. The number of halogens is 1. The second-order valence-corrected chi connectivity index (χ2v) is 6.42. The molecule has 2 N–H and O–H groups in total. The third kappa shape index (κ3) is 5.59. The molecule has 0 spiro atoms. The van der Waals surface area contributed by atoms with Crippen LogP contribution in [0.25, 0.3) is 0 Å². The molecule has 1 fully saturated rings. The molecule has 5 nitrogen and oxygen atoms in total. The number of aliphatic imine (C=N–C) groups is 1. The van der Waals surface area contributed by atoms with Crippen LogP contribution in [0.2, 0.25) is 0 Å². The minimum Gasteiger partial charge on any atom is -0.357 e. The van der Waals surface area contributed by atoms with Gasteiger partial charge >= 0.3 is 0 Å². The summed E-state index contributed by atoms with van der Waals surface area (Å²) in [5.74, 6) is 1.89. The number of pyridine rings is 1. The van der Waals surface area contributed by atoms with Crippen LogP contribution in [0.5, 0.6) is 0 Å². The first-order chi connectivity index (χ1) is 12.3. The van der Waals surface area contributed by atoms with Gasteiger partial charge in [0.2, 0.25) is 0 Å². The molecule has 0 saturated carbocycles. The highest BCUT2D eigenvalue weighted by molar-refractivity contribution is 14.0. The molecular weight excluding hydrogens is 437 g/mol. The molecule has 2 heterocycles. The van der Waals surface area contributed by atoms with Gasteiger partial charge in [-0.3, -0.25) is 4.99 Å². The highest BCUT2D eigenvalue weighted by atomic mass is 127. The molecule has 2 aromatic rings. The van der Waals surface area contributed by atoms with Crippen molar-refractivity contribution < 1.29 is 0 Å². The van der Waals surface area contributed by atoms with Crippen LogP contribution in [0, 0.1) is 6.92 Å². The summed E-state index contributed by atoms with van der Waals surface area (Å²) < 4.78 is 0. The predicted molar refractivity (Wildman–Crippen MR) is 119 cm³/mol. The van der Waals surface area contributed by atoms with Gasteiger partial charge in [0.25, 0.3) is 0 Å². The molecule has 0 aliphatic carbocycles. The van der Waals surface area contributed by atoms with E-state index in [4.69, 9.17) is 0 Å². The summed E-state index contributed by atoms with van der Waals surface area (Å²) in [6.07, 6.45) is 4.42. The van der Waals surface area contributed by atoms with Gasteiger partial charge in [0.05, 0.1) is 0 Å². The van der Waals surface area contributed by atoms with Crippen LogP contribution in [0.15, 0.2) is 47.6 Å². The number of rotatable bonds is 5. The van der Waals surface area contributed by atoms with E-state index in [-0.39, 0.29) is 24.0 Å². The highest BCUT2D eigenvalue weighted by Gasteiger charge is 2.13. The molecule has 1 saturated heterocycles. The smallest absolute Gasteiger partial charge is 0.191 e. The first-order valence-electron chi connectivity index (χ1n) is 8.95. The predicted octanol–water partition coefficient (Wildman–Crippen LogP) is 3.47. The van der Waals surface area contributed by atoms with Crippen LogP contribution < -0.4 is 15.5 Å². The maximum Gasteiger partial charge on any atom is 0.191 e. The van der Waals surface area contributed by atoms with Crippen molar-refractivity contribution in [3.8, 4) is 0 Å². The Bertz CT molecular complexity index is 726. The van der Waals surface area contributed by atoms with E-state index in [9.17, 15) is 0 Å². The van der Waals surface area contributed by atoms with Crippen LogP contribution in [-0.4, -0.2) is 31.1 Å². The van der Waals surface area contributed by atoms with Gasteiger partial charge in [-0.25, -0.2) is 4.98 Å². The molecule has 1 aliphatic rings. The average Bonchev–Trinajstić information content (AvgIpc) is 3.18. The summed E-state index contributed by atoms with van der Waals surface area (Å²) in [6, 6.07) is 12.6. The number of aryl methyl sites for hydroxylation is 1. The van der Waals surface area contributed by atoms with Gasteiger partial charge in [0.1, 0.15) is 5.82 Å². The first kappa shape index (κ1) is 20.5. The van der Waals surface area contributed by atoms with Crippen molar-refractivity contribution in [1.82, 2.24) is 15.6 Å². The van der Waals surface area contributed by atoms with E-state index in [1.165, 1.54) is 29.5 Å². The maximum atomic E-state index is 4.51. The highest BCUT2D eigenvalue weighted by Crippen LogP contribution is 2.18. The van der Waals surface area contributed by atoms with E-state index < -0.39 is 0 Å². The van der Waals surface area contributed by atoms with Crippen LogP contribution in [0.1, 0.15) is 29.5 Å². The Balaban J connectivity index is 0.00000243. The summed E-state index contributed by atoms with van der Waals surface area (Å²) in [5, 5.41) is 6.77. The van der Waals surface area contributed by atoms with Crippen molar-refractivity contribution in [3.63, 3.8) is 0 Å². The maximum absolute atomic E-state index is 4.51. The van der Waals surface area contributed by atoms with E-state index in [2.05, 4.69) is 68.8 Å². The van der Waals surface area contributed by atoms with E-state index in [1.54, 1.807) is 7.05 Å². The fourth-order valence-corrected chi connectivity index (χ4v) is 3.08. The van der Waals surface area contributed by atoms with E-state index in [0.29, 0.717) is 0 Å². The molecule has 6 heteroatoms. The molecule has 0 unspecified atom stereocenters. The lowest BCUT2D eigenvalue weighted by molar-refractivity contribution is 0.804. The van der Waals surface area contributed by atoms with Crippen molar-refractivity contribution in [2.75, 3.05) is 25.0 Å².